The van der Waals surface area contributed by atoms with Crippen molar-refractivity contribution in [3.63, 3.8) is 0 Å². The number of carbonyl (C=O) groups is 1. The zero-order valence-corrected chi connectivity index (χ0v) is 16.7. The first kappa shape index (κ1) is 21.1. The van der Waals surface area contributed by atoms with Gasteiger partial charge in [-0.3, -0.25) is 10.2 Å². The summed E-state index contributed by atoms with van der Waals surface area (Å²) in [6.45, 7) is 9.03. The van der Waals surface area contributed by atoms with Gasteiger partial charge in [0.2, 0.25) is 0 Å². The Morgan fingerprint density at radius 2 is 1.80 bits per heavy atom. The molecule has 0 aliphatic heterocycles. The Balaban J connectivity index is 2.36. The molecule has 1 aromatic rings. The van der Waals surface area contributed by atoms with Crippen LogP contribution >= 0.6 is 12.2 Å². The molecule has 0 saturated heterocycles. The van der Waals surface area contributed by atoms with Gasteiger partial charge in [-0.2, -0.15) is 5.10 Å². The zero-order valence-electron chi connectivity index (χ0n) is 15.9. The maximum Gasteiger partial charge on any atom is 0.305 e. The number of nitrogens with zero attached hydrogens (tertiary/aromatic N) is 1. The molecule has 1 aromatic carbocycles. The number of ether oxygens (including phenoxy) is 1. The molecule has 25 heavy (non-hydrogen) atoms. The van der Waals surface area contributed by atoms with Crippen molar-refractivity contribution in [1.82, 2.24) is 10.7 Å². The number of methoxy groups -OCH3 is 1. The van der Waals surface area contributed by atoms with Gasteiger partial charge in [0.25, 0.3) is 0 Å². The number of aryl methyl sites for hydroxylation is 3. The summed E-state index contributed by atoms with van der Waals surface area (Å²) in [5.41, 5.74) is 8.67. The second kappa shape index (κ2) is 10.8. The van der Waals surface area contributed by atoms with Crippen molar-refractivity contribution in [3.05, 3.63) is 34.4 Å². The van der Waals surface area contributed by atoms with Gasteiger partial charge in [0.15, 0.2) is 5.11 Å². The number of nitrogens with one attached hydrogen (secondary N) is 2. The molecule has 0 radical (unpaired) electrons. The first-order valence-corrected chi connectivity index (χ1v) is 8.99. The predicted octanol–water partition coefficient (Wildman–Crippen LogP) is 3.53. The molecule has 5 nitrogen and oxygen atoms in total. The van der Waals surface area contributed by atoms with Crippen LogP contribution in [0.15, 0.2) is 17.2 Å². The molecule has 0 aliphatic carbocycles. The van der Waals surface area contributed by atoms with E-state index in [-0.39, 0.29) is 5.97 Å². The molecule has 2 N–H and O–H groups in total. The summed E-state index contributed by atoms with van der Waals surface area (Å²) in [5, 5.41) is 8.01. The number of hydrogen-bond donors (Lipinski definition) is 2. The van der Waals surface area contributed by atoms with Gasteiger partial charge >= 0.3 is 5.97 Å². The van der Waals surface area contributed by atoms with E-state index in [1.165, 1.54) is 23.8 Å². The fourth-order valence-electron chi connectivity index (χ4n) is 2.46. The lowest BCUT2D eigenvalue weighted by molar-refractivity contribution is -0.140. The fraction of sp³-hybridized carbons (Fsp3) is 0.526. The molecule has 0 unspecified atom stereocenters. The second-order valence-corrected chi connectivity index (χ2v) is 6.61. The van der Waals surface area contributed by atoms with Crippen LogP contribution in [0.4, 0.5) is 0 Å². The van der Waals surface area contributed by atoms with Crippen molar-refractivity contribution in [2.45, 2.75) is 53.4 Å². The third-order valence-electron chi connectivity index (χ3n) is 4.13. The average Bonchev–Trinajstić information content (AvgIpc) is 2.58. The van der Waals surface area contributed by atoms with Crippen molar-refractivity contribution in [1.29, 1.82) is 0 Å². The molecule has 0 atom stereocenters. The van der Waals surface area contributed by atoms with E-state index in [4.69, 9.17) is 12.2 Å². The Morgan fingerprint density at radius 1 is 1.12 bits per heavy atom. The maximum absolute atomic E-state index is 11.0. The van der Waals surface area contributed by atoms with E-state index in [1.54, 1.807) is 0 Å². The SMILES string of the molecule is COC(=O)CCCCCNC(=S)N/N=C(/C)c1cc(C)c(C)cc1C. The number of hydrogen-bond acceptors (Lipinski definition) is 4. The standard InChI is InChI=1S/C19H29N3O2S/c1-13-11-15(3)17(12-14(13)2)16(4)21-22-19(25)20-10-8-6-7-9-18(23)24-5/h11-12H,6-10H2,1-5H3,(H2,20,22,25)/b21-16-. The van der Waals surface area contributed by atoms with E-state index in [9.17, 15) is 4.79 Å². The number of carbonyl (C=O) groups excluding carboxylic acids is 1. The Labute approximate surface area is 156 Å². The molecular weight excluding hydrogens is 334 g/mol. The van der Waals surface area contributed by atoms with Gasteiger partial charge in [0.05, 0.1) is 12.8 Å². The molecule has 0 amide bonds. The predicted molar refractivity (Wildman–Crippen MR) is 107 cm³/mol. The second-order valence-electron chi connectivity index (χ2n) is 6.20. The zero-order chi connectivity index (χ0) is 18.8. The van der Waals surface area contributed by atoms with E-state index in [2.05, 4.69) is 53.5 Å². The monoisotopic (exact) mass is 363 g/mol. The third-order valence-corrected chi connectivity index (χ3v) is 4.36. The third kappa shape index (κ3) is 7.65. The van der Waals surface area contributed by atoms with Crippen molar-refractivity contribution >= 4 is 29.0 Å². The highest BCUT2D eigenvalue weighted by atomic mass is 32.1. The minimum absolute atomic E-state index is 0.156. The number of benzene rings is 1. The van der Waals surface area contributed by atoms with Gasteiger partial charge in [-0.1, -0.05) is 12.5 Å². The van der Waals surface area contributed by atoms with Crippen molar-refractivity contribution in [2.75, 3.05) is 13.7 Å². The molecule has 1 rings (SSSR count). The molecule has 0 fully saturated rings. The van der Waals surface area contributed by atoms with Crippen LogP contribution in [-0.4, -0.2) is 30.4 Å². The number of thiocarbonyl (C=S) groups is 1. The number of rotatable bonds is 8. The lowest BCUT2D eigenvalue weighted by Crippen LogP contribution is -2.33. The minimum atomic E-state index is -0.156. The maximum atomic E-state index is 11.0. The van der Waals surface area contributed by atoms with Gasteiger partial charge in [-0.05, 0) is 75.5 Å². The molecular formula is C19H29N3O2S. The molecule has 0 aliphatic rings. The number of esters is 1. The van der Waals surface area contributed by atoms with E-state index < -0.39 is 0 Å². The summed E-state index contributed by atoms with van der Waals surface area (Å²) in [6.07, 6.45) is 3.20. The van der Waals surface area contributed by atoms with Gasteiger partial charge in [0.1, 0.15) is 0 Å². The molecule has 0 saturated carbocycles. The van der Waals surface area contributed by atoms with Crippen LogP contribution in [-0.2, 0) is 9.53 Å². The molecule has 6 heteroatoms. The van der Waals surface area contributed by atoms with Crippen LogP contribution in [0, 0.1) is 20.8 Å². The van der Waals surface area contributed by atoms with Gasteiger partial charge in [-0.25, -0.2) is 0 Å². The van der Waals surface area contributed by atoms with Gasteiger partial charge in [-0.15, -0.1) is 0 Å². The van der Waals surface area contributed by atoms with Gasteiger partial charge in [0, 0.05) is 18.5 Å². The molecule has 0 aromatic heterocycles. The lowest BCUT2D eigenvalue weighted by atomic mass is 9.98. The Kier molecular flexibility index (Phi) is 9.13. The van der Waals surface area contributed by atoms with Crippen LogP contribution in [0.2, 0.25) is 0 Å². The molecule has 0 heterocycles. The largest absolute Gasteiger partial charge is 0.469 e. The van der Waals surface area contributed by atoms with Crippen LogP contribution in [0.1, 0.15) is 54.9 Å². The first-order valence-electron chi connectivity index (χ1n) is 8.58. The average molecular weight is 364 g/mol. The smallest absolute Gasteiger partial charge is 0.305 e. The van der Waals surface area contributed by atoms with Crippen LogP contribution in [0.5, 0.6) is 0 Å². The van der Waals surface area contributed by atoms with E-state index in [0.717, 1.165) is 37.1 Å². The summed E-state index contributed by atoms with van der Waals surface area (Å²) < 4.78 is 4.61. The quantitative estimate of drug-likeness (QED) is 0.243. The van der Waals surface area contributed by atoms with Crippen LogP contribution in [0.3, 0.4) is 0 Å². The Morgan fingerprint density at radius 3 is 2.48 bits per heavy atom. The topological polar surface area (TPSA) is 62.7 Å². The van der Waals surface area contributed by atoms with E-state index in [0.29, 0.717) is 11.5 Å². The summed E-state index contributed by atoms with van der Waals surface area (Å²) in [7, 11) is 1.41. The highest BCUT2D eigenvalue weighted by Crippen LogP contribution is 2.16. The van der Waals surface area contributed by atoms with Crippen LogP contribution < -0.4 is 10.7 Å². The lowest BCUT2D eigenvalue weighted by Gasteiger charge is -2.11. The summed E-state index contributed by atoms with van der Waals surface area (Å²) >= 11 is 5.24. The highest BCUT2D eigenvalue weighted by molar-refractivity contribution is 7.80. The summed E-state index contributed by atoms with van der Waals surface area (Å²) in [6, 6.07) is 4.33. The molecule has 0 spiro atoms. The summed E-state index contributed by atoms with van der Waals surface area (Å²) in [4.78, 5) is 11.0. The number of hydrazone groups is 1. The molecule has 138 valence electrons. The van der Waals surface area contributed by atoms with Gasteiger partial charge < -0.3 is 10.1 Å². The van der Waals surface area contributed by atoms with E-state index in [1.807, 2.05) is 6.92 Å². The minimum Gasteiger partial charge on any atom is -0.469 e. The summed E-state index contributed by atoms with van der Waals surface area (Å²) in [5.74, 6) is -0.156. The van der Waals surface area contributed by atoms with E-state index >= 15 is 0 Å². The Hall–Kier alpha value is -1.95. The fourth-order valence-corrected chi connectivity index (χ4v) is 2.61. The first-order chi connectivity index (χ1) is 11.8. The highest BCUT2D eigenvalue weighted by Gasteiger charge is 2.05. The normalized spacial score (nSPS) is 11.2. The molecule has 0 bridgehead atoms. The Bertz CT molecular complexity index is 642. The van der Waals surface area contributed by atoms with Crippen molar-refractivity contribution in [2.24, 2.45) is 5.10 Å². The van der Waals surface area contributed by atoms with Crippen molar-refractivity contribution in [3.8, 4) is 0 Å². The van der Waals surface area contributed by atoms with Crippen LogP contribution in [0.25, 0.3) is 0 Å². The van der Waals surface area contributed by atoms with Crippen molar-refractivity contribution < 1.29 is 9.53 Å². The number of unbranched alkanes of at least 4 members (excludes halogenated alkanes) is 2.